The Morgan fingerprint density at radius 1 is 1.10 bits per heavy atom. The van der Waals surface area contributed by atoms with Gasteiger partial charge in [0.1, 0.15) is 0 Å². The summed E-state index contributed by atoms with van der Waals surface area (Å²) in [7, 11) is 0. The molecule has 0 aliphatic carbocycles. The Labute approximate surface area is 124 Å². The van der Waals surface area contributed by atoms with Gasteiger partial charge < -0.3 is 10.8 Å². The Morgan fingerprint density at radius 3 is 2.24 bits per heavy atom. The molecule has 0 radical (unpaired) electrons. The average molecular weight is 281 g/mol. The lowest BCUT2D eigenvalue weighted by Crippen LogP contribution is -2.21. The van der Waals surface area contributed by atoms with Crippen LogP contribution in [0.3, 0.4) is 0 Å². The Kier molecular flexibility index (Phi) is 4.90. The highest BCUT2D eigenvalue weighted by atomic mass is 16.4. The van der Waals surface area contributed by atoms with E-state index in [0.29, 0.717) is 6.42 Å². The van der Waals surface area contributed by atoms with Crippen molar-refractivity contribution in [3.05, 3.63) is 71.8 Å². The van der Waals surface area contributed by atoms with Crippen molar-refractivity contribution in [2.24, 2.45) is 5.73 Å². The Hall–Kier alpha value is -2.39. The van der Waals surface area contributed by atoms with Crippen molar-refractivity contribution >= 4 is 5.97 Å². The maximum Gasteiger partial charge on any atom is 0.331 e. The molecular formula is C18H19NO2. The summed E-state index contributed by atoms with van der Waals surface area (Å²) >= 11 is 0. The van der Waals surface area contributed by atoms with Crippen LogP contribution in [0.15, 0.2) is 66.2 Å². The van der Waals surface area contributed by atoms with Crippen molar-refractivity contribution in [2.45, 2.75) is 19.4 Å². The molecule has 0 saturated heterocycles. The Balaban J connectivity index is 2.06. The molecule has 0 saturated carbocycles. The molecule has 2 aromatic rings. The lowest BCUT2D eigenvalue weighted by atomic mass is 10.00. The van der Waals surface area contributed by atoms with Gasteiger partial charge in [-0.2, -0.15) is 0 Å². The summed E-state index contributed by atoms with van der Waals surface area (Å²) in [4.78, 5) is 10.8. The number of benzene rings is 2. The molecule has 3 N–H and O–H groups in total. The smallest absolute Gasteiger partial charge is 0.331 e. The highest BCUT2D eigenvalue weighted by molar-refractivity contribution is 5.85. The van der Waals surface area contributed by atoms with Crippen molar-refractivity contribution in [3.63, 3.8) is 0 Å². The molecule has 3 nitrogen and oxygen atoms in total. The molecule has 0 spiro atoms. The van der Waals surface area contributed by atoms with E-state index in [0.717, 1.165) is 11.1 Å². The fourth-order valence-corrected chi connectivity index (χ4v) is 2.19. The van der Waals surface area contributed by atoms with Crippen molar-refractivity contribution in [3.8, 4) is 11.1 Å². The Bertz CT molecular complexity index is 630. The predicted molar refractivity (Wildman–Crippen MR) is 85.0 cm³/mol. The highest BCUT2D eigenvalue weighted by Gasteiger charge is 2.06. The summed E-state index contributed by atoms with van der Waals surface area (Å²) in [6, 6.07) is 18.1. The second kappa shape index (κ2) is 6.86. The van der Waals surface area contributed by atoms with Crippen molar-refractivity contribution in [2.75, 3.05) is 0 Å². The van der Waals surface area contributed by atoms with Gasteiger partial charge in [-0.1, -0.05) is 60.7 Å². The first-order valence-corrected chi connectivity index (χ1v) is 6.88. The number of carboxylic acids is 1. The first-order chi connectivity index (χ1) is 10.1. The third-order valence-corrected chi connectivity index (χ3v) is 3.33. The van der Waals surface area contributed by atoms with Crippen LogP contribution in [0.4, 0.5) is 0 Å². The molecule has 2 rings (SSSR count). The molecule has 1 unspecified atom stereocenters. The van der Waals surface area contributed by atoms with Gasteiger partial charge in [0.05, 0.1) is 0 Å². The molecule has 3 heteroatoms. The van der Waals surface area contributed by atoms with E-state index < -0.39 is 5.97 Å². The van der Waals surface area contributed by atoms with Gasteiger partial charge in [0.15, 0.2) is 0 Å². The van der Waals surface area contributed by atoms with Gasteiger partial charge in [0.25, 0.3) is 0 Å². The van der Waals surface area contributed by atoms with Crippen LogP contribution < -0.4 is 5.73 Å². The molecule has 0 fully saturated rings. The SMILES string of the molecule is C/C(=C/C(N)Cc1ccc(-c2ccccc2)cc1)C(=O)O. The largest absolute Gasteiger partial charge is 0.478 e. The maximum absolute atomic E-state index is 10.8. The normalized spacial score (nSPS) is 13.0. The summed E-state index contributed by atoms with van der Waals surface area (Å²) in [6.07, 6.45) is 2.22. The number of carboxylic acid groups (broad SMARTS) is 1. The first kappa shape index (κ1) is 15.0. The Morgan fingerprint density at radius 2 is 1.67 bits per heavy atom. The first-order valence-electron chi connectivity index (χ1n) is 6.88. The highest BCUT2D eigenvalue weighted by Crippen LogP contribution is 2.19. The lowest BCUT2D eigenvalue weighted by molar-refractivity contribution is -0.132. The number of carbonyl (C=O) groups is 1. The molecule has 0 aliphatic rings. The zero-order valence-corrected chi connectivity index (χ0v) is 12.0. The van der Waals surface area contributed by atoms with Crippen LogP contribution in [0, 0.1) is 0 Å². The lowest BCUT2D eigenvalue weighted by Gasteiger charge is -2.09. The minimum absolute atomic E-state index is 0.281. The topological polar surface area (TPSA) is 63.3 Å². The van der Waals surface area contributed by atoms with Gasteiger partial charge in [-0.05, 0) is 30.0 Å². The van der Waals surface area contributed by atoms with Crippen LogP contribution in [0.5, 0.6) is 0 Å². The van der Waals surface area contributed by atoms with Gasteiger partial charge in [-0.15, -0.1) is 0 Å². The molecule has 0 amide bonds. The van der Waals surface area contributed by atoms with E-state index in [2.05, 4.69) is 24.3 Å². The van der Waals surface area contributed by atoms with E-state index in [1.807, 2.05) is 30.3 Å². The second-order valence-electron chi connectivity index (χ2n) is 5.09. The quantitative estimate of drug-likeness (QED) is 0.827. The summed E-state index contributed by atoms with van der Waals surface area (Å²) in [6.45, 7) is 1.56. The molecule has 2 aromatic carbocycles. The molecule has 0 heterocycles. The standard InChI is InChI=1S/C18H19NO2/c1-13(18(20)21)11-17(19)12-14-7-9-16(10-8-14)15-5-3-2-4-6-15/h2-11,17H,12,19H2,1H3,(H,20,21)/b13-11-. The minimum Gasteiger partial charge on any atom is -0.478 e. The molecule has 0 aliphatic heterocycles. The van der Waals surface area contributed by atoms with Crippen LogP contribution >= 0.6 is 0 Å². The maximum atomic E-state index is 10.8. The van der Waals surface area contributed by atoms with E-state index in [9.17, 15) is 4.79 Å². The summed E-state index contributed by atoms with van der Waals surface area (Å²) in [5.41, 5.74) is 9.66. The predicted octanol–water partition coefficient (Wildman–Crippen LogP) is 3.25. The van der Waals surface area contributed by atoms with Crippen LogP contribution in [0.2, 0.25) is 0 Å². The monoisotopic (exact) mass is 281 g/mol. The number of aliphatic carboxylic acids is 1. The van der Waals surface area contributed by atoms with E-state index in [4.69, 9.17) is 10.8 Å². The van der Waals surface area contributed by atoms with Crippen LogP contribution in [-0.4, -0.2) is 17.1 Å². The summed E-state index contributed by atoms with van der Waals surface area (Å²) in [5.74, 6) is -0.926. The third-order valence-electron chi connectivity index (χ3n) is 3.33. The van der Waals surface area contributed by atoms with Gasteiger partial charge in [-0.3, -0.25) is 0 Å². The fraction of sp³-hybridized carbons (Fsp3) is 0.167. The molecule has 108 valence electrons. The molecule has 0 bridgehead atoms. The molecule has 0 aromatic heterocycles. The fourth-order valence-electron chi connectivity index (χ4n) is 2.19. The number of hydrogen-bond acceptors (Lipinski definition) is 2. The second-order valence-corrected chi connectivity index (χ2v) is 5.09. The number of rotatable bonds is 5. The average Bonchev–Trinajstić information content (AvgIpc) is 2.48. The van der Waals surface area contributed by atoms with E-state index in [1.165, 1.54) is 5.56 Å². The van der Waals surface area contributed by atoms with Gasteiger partial charge >= 0.3 is 5.97 Å². The van der Waals surface area contributed by atoms with Gasteiger partial charge in [0, 0.05) is 11.6 Å². The van der Waals surface area contributed by atoms with Gasteiger partial charge in [-0.25, -0.2) is 4.79 Å². The van der Waals surface area contributed by atoms with Gasteiger partial charge in [0.2, 0.25) is 0 Å². The number of hydrogen-bond donors (Lipinski definition) is 2. The number of nitrogens with two attached hydrogens (primary N) is 1. The summed E-state index contributed by atoms with van der Waals surface area (Å²) in [5, 5.41) is 8.84. The van der Waals surface area contributed by atoms with E-state index in [-0.39, 0.29) is 11.6 Å². The zero-order valence-electron chi connectivity index (χ0n) is 12.0. The van der Waals surface area contributed by atoms with Crippen molar-refractivity contribution in [1.29, 1.82) is 0 Å². The van der Waals surface area contributed by atoms with Crippen LogP contribution in [-0.2, 0) is 11.2 Å². The van der Waals surface area contributed by atoms with E-state index >= 15 is 0 Å². The van der Waals surface area contributed by atoms with Crippen LogP contribution in [0.25, 0.3) is 11.1 Å². The summed E-state index contributed by atoms with van der Waals surface area (Å²) < 4.78 is 0. The minimum atomic E-state index is -0.926. The molecule has 21 heavy (non-hydrogen) atoms. The van der Waals surface area contributed by atoms with Crippen molar-refractivity contribution < 1.29 is 9.90 Å². The van der Waals surface area contributed by atoms with Crippen LogP contribution in [0.1, 0.15) is 12.5 Å². The molecule has 1 atom stereocenters. The van der Waals surface area contributed by atoms with Crippen molar-refractivity contribution in [1.82, 2.24) is 0 Å². The van der Waals surface area contributed by atoms with E-state index in [1.54, 1.807) is 13.0 Å². The molecular weight excluding hydrogens is 262 g/mol. The third kappa shape index (κ3) is 4.29. The zero-order chi connectivity index (χ0) is 15.2.